The van der Waals surface area contributed by atoms with Crippen LogP contribution < -0.4 is 10.6 Å². The third kappa shape index (κ3) is 6.98. The first-order valence-electron chi connectivity index (χ1n) is 17.0. The Hall–Kier alpha value is -4.23. The predicted octanol–water partition coefficient (Wildman–Crippen LogP) is 8.90. The lowest BCUT2D eigenvalue weighted by Gasteiger charge is -2.55. The van der Waals surface area contributed by atoms with Crippen molar-refractivity contribution in [2.24, 2.45) is 23.2 Å². The summed E-state index contributed by atoms with van der Waals surface area (Å²) < 4.78 is 5.08. The fourth-order valence-corrected chi connectivity index (χ4v) is 9.08. The summed E-state index contributed by atoms with van der Waals surface area (Å²) in [4.78, 5) is 37.9. The molecular formula is C41H43BrN2O4. The molecule has 0 atom stereocenters. The van der Waals surface area contributed by atoms with E-state index in [9.17, 15) is 14.4 Å². The summed E-state index contributed by atoms with van der Waals surface area (Å²) >= 11 is 3.63. The highest BCUT2D eigenvalue weighted by molar-refractivity contribution is 9.10. The standard InChI is InChI=1S/C37H35BrN2O2.C4H8O2/c38-33-17-16-31(39-35(42)36-22-25-18-26(23-36)20-27(19-25)24-36)21-32(33)34(41)40-37(28-10-4-1-5-11-28,29-12-6-2-7-13-29)30-14-8-3-9-15-30;1-3-6-4(2)5/h1-17,21,25-27H,18-20,22-24H2,(H,39,42)(H,40,41);3H2,1-2H3. The molecule has 2 amide bonds. The number of rotatable bonds is 8. The number of halogens is 1. The number of esters is 1. The van der Waals surface area contributed by atoms with Gasteiger partial charge in [0.2, 0.25) is 5.91 Å². The first kappa shape index (κ1) is 33.7. The minimum atomic E-state index is -0.932. The second-order valence-electron chi connectivity index (χ2n) is 13.6. The van der Waals surface area contributed by atoms with Crippen LogP contribution in [0.4, 0.5) is 5.69 Å². The Kier molecular flexibility index (Phi) is 10.2. The molecule has 4 aromatic rings. The van der Waals surface area contributed by atoms with E-state index in [0.717, 1.165) is 36.0 Å². The van der Waals surface area contributed by atoms with Gasteiger partial charge in [-0.25, -0.2) is 0 Å². The number of ether oxygens (including phenoxy) is 1. The van der Waals surface area contributed by atoms with Crippen molar-refractivity contribution < 1.29 is 19.1 Å². The molecule has 4 aromatic carbocycles. The predicted molar refractivity (Wildman–Crippen MR) is 192 cm³/mol. The first-order chi connectivity index (χ1) is 23.2. The van der Waals surface area contributed by atoms with E-state index in [-0.39, 0.29) is 23.2 Å². The lowest BCUT2D eigenvalue weighted by Crippen LogP contribution is -2.51. The van der Waals surface area contributed by atoms with E-state index in [4.69, 9.17) is 0 Å². The second-order valence-corrected chi connectivity index (χ2v) is 14.4. The van der Waals surface area contributed by atoms with Gasteiger partial charge in [-0.1, -0.05) is 91.0 Å². The average molecular weight is 708 g/mol. The Balaban J connectivity index is 0.000000615. The van der Waals surface area contributed by atoms with Gasteiger partial charge >= 0.3 is 5.97 Å². The van der Waals surface area contributed by atoms with Crippen LogP contribution in [0.2, 0.25) is 0 Å². The second kappa shape index (κ2) is 14.5. The minimum Gasteiger partial charge on any atom is -0.466 e. The van der Waals surface area contributed by atoms with Crippen LogP contribution in [0.5, 0.6) is 0 Å². The van der Waals surface area contributed by atoms with E-state index in [1.807, 2.05) is 72.8 Å². The molecule has 48 heavy (non-hydrogen) atoms. The molecule has 6 nitrogen and oxygen atoms in total. The lowest BCUT2D eigenvalue weighted by atomic mass is 9.49. The number of carbonyl (C=O) groups is 3. The maximum Gasteiger partial charge on any atom is 0.302 e. The van der Waals surface area contributed by atoms with Crippen molar-refractivity contribution in [2.45, 2.75) is 57.9 Å². The molecule has 4 fully saturated rings. The number of anilines is 1. The van der Waals surface area contributed by atoms with Crippen LogP contribution in [0.3, 0.4) is 0 Å². The van der Waals surface area contributed by atoms with Gasteiger partial charge in [0, 0.05) is 17.1 Å². The van der Waals surface area contributed by atoms with Gasteiger partial charge in [-0.15, -0.1) is 0 Å². The van der Waals surface area contributed by atoms with Crippen LogP contribution >= 0.6 is 15.9 Å². The van der Waals surface area contributed by atoms with E-state index < -0.39 is 5.54 Å². The zero-order valence-corrected chi connectivity index (χ0v) is 29.2. The highest BCUT2D eigenvalue weighted by atomic mass is 79.9. The highest BCUT2D eigenvalue weighted by Gasteiger charge is 2.54. The number of amides is 2. The summed E-state index contributed by atoms with van der Waals surface area (Å²) in [5.41, 5.74) is 2.82. The fraction of sp³-hybridized carbons (Fsp3) is 0.341. The summed E-state index contributed by atoms with van der Waals surface area (Å²) in [5, 5.41) is 6.68. The highest BCUT2D eigenvalue weighted by Crippen LogP contribution is 2.60. The molecule has 248 valence electrons. The van der Waals surface area contributed by atoms with E-state index in [2.05, 4.69) is 67.7 Å². The van der Waals surface area contributed by atoms with Gasteiger partial charge in [0.25, 0.3) is 5.91 Å². The maximum atomic E-state index is 14.3. The molecule has 0 spiro atoms. The van der Waals surface area contributed by atoms with Gasteiger partial charge in [-0.3, -0.25) is 14.4 Å². The van der Waals surface area contributed by atoms with Gasteiger partial charge in [0.1, 0.15) is 5.54 Å². The van der Waals surface area contributed by atoms with Crippen molar-refractivity contribution in [1.82, 2.24) is 5.32 Å². The Morgan fingerprint density at radius 1 is 0.750 bits per heavy atom. The van der Waals surface area contributed by atoms with Gasteiger partial charge in [-0.05, 0) is 114 Å². The number of hydrogen-bond donors (Lipinski definition) is 2. The average Bonchev–Trinajstić information content (AvgIpc) is 3.09. The molecule has 0 heterocycles. The summed E-state index contributed by atoms with van der Waals surface area (Å²) in [5.74, 6) is 1.75. The summed E-state index contributed by atoms with van der Waals surface area (Å²) in [6.45, 7) is 3.65. The molecule has 8 rings (SSSR count). The number of nitrogens with one attached hydrogen (secondary N) is 2. The van der Waals surface area contributed by atoms with Crippen LogP contribution in [0.15, 0.2) is 114 Å². The van der Waals surface area contributed by atoms with Crippen molar-refractivity contribution >= 4 is 39.4 Å². The maximum absolute atomic E-state index is 14.3. The third-order valence-electron chi connectivity index (χ3n) is 10.3. The first-order valence-corrected chi connectivity index (χ1v) is 17.7. The molecular weight excluding hydrogens is 664 g/mol. The molecule has 4 aliphatic carbocycles. The van der Waals surface area contributed by atoms with Gasteiger partial charge in [0.05, 0.1) is 17.6 Å². The van der Waals surface area contributed by atoms with Gasteiger partial charge in [0.15, 0.2) is 0 Å². The monoisotopic (exact) mass is 706 g/mol. The topological polar surface area (TPSA) is 84.5 Å². The quantitative estimate of drug-likeness (QED) is 0.142. The Morgan fingerprint density at radius 2 is 1.21 bits per heavy atom. The Labute approximate surface area is 291 Å². The Bertz CT molecular complexity index is 1610. The van der Waals surface area contributed by atoms with E-state index in [0.29, 0.717) is 40.1 Å². The zero-order chi connectivity index (χ0) is 33.7. The smallest absolute Gasteiger partial charge is 0.302 e. The molecule has 4 saturated carbocycles. The number of hydrogen-bond acceptors (Lipinski definition) is 4. The molecule has 0 aliphatic heterocycles. The van der Waals surface area contributed by atoms with Crippen LogP contribution in [0.1, 0.15) is 79.4 Å². The molecule has 2 N–H and O–H groups in total. The van der Waals surface area contributed by atoms with Crippen molar-refractivity contribution in [1.29, 1.82) is 0 Å². The Morgan fingerprint density at radius 3 is 1.60 bits per heavy atom. The van der Waals surface area contributed by atoms with Gasteiger partial charge in [-0.2, -0.15) is 0 Å². The molecule has 7 heteroatoms. The lowest BCUT2D eigenvalue weighted by molar-refractivity contribution is -0.141. The largest absolute Gasteiger partial charge is 0.466 e. The summed E-state index contributed by atoms with van der Waals surface area (Å²) in [6.07, 6.45) is 6.89. The number of benzene rings is 4. The van der Waals surface area contributed by atoms with Crippen LogP contribution in [-0.4, -0.2) is 24.4 Å². The van der Waals surface area contributed by atoms with Gasteiger partial charge < -0.3 is 15.4 Å². The SMILES string of the molecule is CCOC(C)=O.O=C(NC(c1ccccc1)(c1ccccc1)c1ccccc1)c1cc(NC(=O)C23CC4CC(CC(C4)C2)C3)ccc1Br. The minimum absolute atomic E-state index is 0.127. The van der Waals surface area contributed by atoms with Crippen LogP contribution in [0, 0.1) is 23.2 Å². The summed E-state index contributed by atoms with van der Waals surface area (Å²) in [7, 11) is 0. The van der Waals surface area contributed by atoms with E-state index >= 15 is 0 Å². The molecule has 4 aliphatic rings. The summed E-state index contributed by atoms with van der Waals surface area (Å²) in [6, 6.07) is 35.8. The van der Waals surface area contributed by atoms with Crippen LogP contribution in [-0.2, 0) is 19.9 Å². The molecule has 0 saturated heterocycles. The van der Waals surface area contributed by atoms with Crippen molar-refractivity contribution in [3.05, 3.63) is 136 Å². The normalized spacial score (nSPS) is 22.2. The third-order valence-corrected chi connectivity index (χ3v) is 10.9. The van der Waals surface area contributed by atoms with Crippen molar-refractivity contribution in [3.63, 3.8) is 0 Å². The molecule has 0 radical (unpaired) electrons. The molecule has 0 unspecified atom stereocenters. The van der Waals surface area contributed by atoms with E-state index in [1.54, 1.807) is 6.92 Å². The molecule has 4 bridgehead atoms. The number of carbonyl (C=O) groups excluding carboxylic acids is 3. The van der Waals surface area contributed by atoms with E-state index in [1.165, 1.54) is 26.2 Å². The van der Waals surface area contributed by atoms with Crippen LogP contribution in [0.25, 0.3) is 0 Å². The van der Waals surface area contributed by atoms with Crippen molar-refractivity contribution in [3.8, 4) is 0 Å². The molecule has 0 aromatic heterocycles. The fourth-order valence-electron chi connectivity index (χ4n) is 8.65. The zero-order valence-electron chi connectivity index (χ0n) is 27.6. The van der Waals surface area contributed by atoms with Crippen molar-refractivity contribution in [2.75, 3.05) is 11.9 Å².